The summed E-state index contributed by atoms with van der Waals surface area (Å²) in [5.74, 6) is 2.16. The summed E-state index contributed by atoms with van der Waals surface area (Å²) in [7, 11) is 3.26. The van der Waals surface area contributed by atoms with Gasteiger partial charge in [-0.1, -0.05) is 11.8 Å². The van der Waals surface area contributed by atoms with Crippen LogP contribution in [0.15, 0.2) is 28.7 Å². The number of ether oxygens (including phenoxy) is 2. The number of tetrazole rings is 1. The number of hydrogen-bond acceptors (Lipinski definition) is 8. The lowest BCUT2D eigenvalue weighted by Crippen LogP contribution is -1.98. The summed E-state index contributed by atoms with van der Waals surface area (Å²) in [5.41, 5.74) is 2.03. The van der Waals surface area contributed by atoms with Gasteiger partial charge in [0.25, 0.3) is 0 Å². The number of thioether (sulfide) groups is 1. The maximum absolute atomic E-state index is 5.37. The first-order chi connectivity index (χ1) is 12.3. The molecule has 1 saturated carbocycles. The lowest BCUT2D eigenvalue weighted by Gasteiger charge is -2.08. The first-order valence-electron chi connectivity index (χ1n) is 7.86. The summed E-state index contributed by atoms with van der Waals surface area (Å²) in [4.78, 5) is 4.72. The smallest absolute Gasteiger partial charge is 0.209 e. The highest BCUT2D eigenvalue weighted by Gasteiger charge is 2.27. The first-order valence-corrected chi connectivity index (χ1v) is 9.72. The Balaban J connectivity index is 1.47. The molecule has 0 radical (unpaired) electrons. The van der Waals surface area contributed by atoms with Crippen LogP contribution in [0.25, 0.3) is 10.6 Å². The van der Waals surface area contributed by atoms with Gasteiger partial charge < -0.3 is 9.47 Å². The molecule has 0 atom stereocenters. The third-order valence-electron chi connectivity index (χ3n) is 3.89. The van der Waals surface area contributed by atoms with Gasteiger partial charge in [-0.3, -0.25) is 0 Å². The van der Waals surface area contributed by atoms with Crippen molar-refractivity contribution in [1.29, 1.82) is 0 Å². The van der Waals surface area contributed by atoms with Crippen LogP contribution in [0.5, 0.6) is 11.5 Å². The van der Waals surface area contributed by atoms with Crippen LogP contribution in [0.4, 0.5) is 0 Å². The van der Waals surface area contributed by atoms with Crippen molar-refractivity contribution >= 4 is 23.1 Å². The van der Waals surface area contributed by atoms with Gasteiger partial charge in [-0.15, -0.1) is 16.4 Å². The molecule has 2 aromatic heterocycles. The van der Waals surface area contributed by atoms with Crippen LogP contribution in [-0.4, -0.2) is 39.4 Å². The van der Waals surface area contributed by atoms with Gasteiger partial charge in [0.1, 0.15) is 5.01 Å². The van der Waals surface area contributed by atoms with Crippen molar-refractivity contribution in [3.63, 3.8) is 0 Å². The van der Waals surface area contributed by atoms with E-state index in [1.54, 1.807) is 37.3 Å². The van der Waals surface area contributed by atoms with E-state index in [2.05, 4.69) is 20.9 Å². The highest BCUT2D eigenvalue weighted by atomic mass is 32.2. The van der Waals surface area contributed by atoms with Crippen LogP contribution in [-0.2, 0) is 5.75 Å². The van der Waals surface area contributed by atoms with Gasteiger partial charge in [0.05, 0.1) is 26.0 Å². The summed E-state index contributed by atoms with van der Waals surface area (Å²) in [6, 6.07) is 6.32. The molecule has 0 bridgehead atoms. The zero-order chi connectivity index (χ0) is 17.2. The number of benzene rings is 1. The normalized spacial score (nSPS) is 13.8. The second-order valence-electron chi connectivity index (χ2n) is 5.64. The van der Waals surface area contributed by atoms with E-state index in [0.29, 0.717) is 17.5 Å². The number of rotatable bonds is 7. The van der Waals surface area contributed by atoms with Crippen LogP contribution >= 0.6 is 23.1 Å². The minimum atomic E-state index is 0.482. The van der Waals surface area contributed by atoms with Crippen LogP contribution in [0.1, 0.15) is 24.6 Å². The van der Waals surface area contributed by atoms with Crippen LogP contribution in [0.2, 0.25) is 0 Å². The Morgan fingerprint density at radius 3 is 2.84 bits per heavy atom. The summed E-state index contributed by atoms with van der Waals surface area (Å²) < 4.78 is 12.6. The fourth-order valence-corrected chi connectivity index (χ4v) is 4.20. The number of hydrogen-bond donors (Lipinski definition) is 0. The quantitative estimate of drug-likeness (QED) is 0.586. The molecule has 4 rings (SSSR count). The standard InChI is InChI=1S/C16H17N5O2S2/c1-22-13-6-3-10(7-14(13)23-2)15-17-11(8-24-15)9-25-16-18-19-20-21(16)12-4-5-12/h3,6-8,12H,4-5,9H2,1-2H3. The van der Waals surface area contributed by atoms with Crippen molar-refractivity contribution in [1.82, 2.24) is 25.2 Å². The second-order valence-corrected chi connectivity index (χ2v) is 7.44. The maximum atomic E-state index is 5.37. The summed E-state index contributed by atoms with van der Waals surface area (Å²) in [6.45, 7) is 0. The molecule has 1 aromatic carbocycles. The SMILES string of the molecule is COc1ccc(-c2nc(CSc3nnnn3C3CC3)cs2)cc1OC. The zero-order valence-electron chi connectivity index (χ0n) is 13.9. The van der Waals surface area contributed by atoms with E-state index in [0.717, 1.165) is 27.2 Å². The average molecular weight is 375 g/mol. The van der Waals surface area contributed by atoms with Crippen LogP contribution < -0.4 is 9.47 Å². The Labute approximate surface area is 153 Å². The second kappa shape index (κ2) is 7.01. The molecular formula is C16H17N5O2S2. The molecule has 1 aliphatic carbocycles. The molecule has 1 aliphatic rings. The van der Waals surface area contributed by atoms with Gasteiger partial charge in [0, 0.05) is 16.7 Å². The van der Waals surface area contributed by atoms with E-state index in [9.17, 15) is 0 Å². The molecule has 25 heavy (non-hydrogen) atoms. The van der Waals surface area contributed by atoms with Gasteiger partial charge in [-0.25, -0.2) is 9.67 Å². The molecule has 130 valence electrons. The third-order valence-corrected chi connectivity index (χ3v) is 5.79. The van der Waals surface area contributed by atoms with E-state index in [-0.39, 0.29) is 0 Å². The number of nitrogens with zero attached hydrogens (tertiary/aromatic N) is 5. The van der Waals surface area contributed by atoms with E-state index in [4.69, 9.17) is 14.5 Å². The molecule has 0 saturated heterocycles. The molecular weight excluding hydrogens is 358 g/mol. The average Bonchev–Trinajstić information content (AvgIpc) is 3.19. The summed E-state index contributed by atoms with van der Waals surface area (Å²) >= 11 is 3.24. The van der Waals surface area contributed by atoms with Gasteiger partial charge in [-0.2, -0.15) is 0 Å². The number of thiazole rings is 1. The maximum Gasteiger partial charge on any atom is 0.209 e. The van der Waals surface area contributed by atoms with Crippen molar-refractivity contribution in [2.75, 3.05) is 14.2 Å². The van der Waals surface area contributed by atoms with E-state index in [1.807, 2.05) is 22.9 Å². The lowest BCUT2D eigenvalue weighted by atomic mass is 10.2. The Morgan fingerprint density at radius 2 is 2.08 bits per heavy atom. The molecule has 3 aromatic rings. The highest BCUT2D eigenvalue weighted by Crippen LogP contribution is 2.37. The van der Waals surface area contributed by atoms with Crippen LogP contribution in [0.3, 0.4) is 0 Å². The van der Waals surface area contributed by atoms with Crippen LogP contribution in [0, 0.1) is 0 Å². The topological polar surface area (TPSA) is 75.0 Å². The monoisotopic (exact) mass is 375 g/mol. The van der Waals surface area contributed by atoms with Gasteiger partial charge in [-0.05, 0) is 41.5 Å². The first kappa shape index (κ1) is 16.3. The molecule has 0 unspecified atom stereocenters. The highest BCUT2D eigenvalue weighted by molar-refractivity contribution is 7.98. The van der Waals surface area contributed by atoms with Gasteiger partial charge in [0.2, 0.25) is 5.16 Å². The predicted molar refractivity (Wildman–Crippen MR) is 96.3 cm³/mol. The van der Waals surface area contributed by atoms with E-state index in [1.165, 1.54) is 12.8 Å². The van der Waals surface area contributed by atoms with Crippen molar-refractivity contribution in [3.05, 3.63) is 29.3 Å². The summed E-state index contributed by atoms with van der Waals surface area (Å²) in [5, 5.41) is 15.9. The fraction of sp³-hybridized carbons (Fsp3) is 0.375. The molecule has 2 heterocycles. The Kier molecular flexibility index (Phi) is 4.58. The molecule has 0 aliphatic heterocycles. The minimum Gasteiger partial charge on any atom is -0.493 e. The van der Waals surface area contributed by atoms with Crippen molar-refractivity contribution in [2.45, 2.75) is 29.8 Å². The minimum absolute atomic E-state index is 0.482. The number of aromatic nitrogens is 5. The lowest BCUT2D eigenvalue weighted by molar-refractivity contribution is 0.355. The van der Waals surface area contributed by atoms with Crippen molar-refractivity contribution < 1.29 is 9.47 Å². The predicted octanol–water partition coefficient (Wildman–Crippen LogP) is 3.44. The van der Waals surface area contributed by atoms with E-state index >= 15 is 0 Å². The largest absolute Gasteiger partial charge is 0.493 e. The van der Waals surface area contributed by atoms with E-state index < -0.39 is 0 Å². The molecule has 0 spiro atoms. The molecule has 1 fully saturated rings. The van der Waals surface area contributed by atoms with Gasteiger partial charge >= 0.3 is 0 Å². The van der Waals surface area contributed by atoms with Crippen molar-refractivity contribution in [2.24, 2.45) is 0 Å². The fourth-order valence-electron chi connectivity index (χ4n) is 2.44. The molecule has 0 amide bonds. The Bertz CT molecular complexity index is 875. The molecule has 9 heteroatoms. The number of methoxy groups -OCH3 is 2. The Morgan fingerprint density at radius 1 is 1.24 bits per heavy atom. The Hall–Kier alpha value is -2.13. The molecule has 7 nitrogen and oxygen atoms in total. The molecule has 0 N–H and O–H groups in total. The van der Waals surface area contributed by atoms with Crippen molar-refractivity contribution in [3.8, 4) is 22.1 Å². The zero-order valence-corrected chi connectivity index (χ0v) is 15.5. The van der Waals surface area contributed by atoms with Gasteiger partial charge in [0.15, 0.2) is 11.5 Å². The summed E-state index contributed by atoms with van der Waals surface area (Å²) in [6.07, 6.45) is 2.33. The third kappa shape index (κ3) is 3.47.